The van der Waals surface area contributed by atoms with Crippen LogP contribution in [-0.4, -0.2) is 48.1 Å². The van der Waals surface area contributed by atoms with Gasteiger partial charge in [-0.3, -0.25) is 9.59 Å². The fraction of sp³-hybridized carbons (Fsp3) is 0.579. The molecule has 0 radical (unpaired) electrons. The number of carbonyl (C=O) groups is 2. The second-order valence-corrected chi connectivity index (χ2v) is 7.50. The van der Waals surface area contributed by atoms with E-state index in [-0.39, 0.29) is 17.4 Å². The van der Waals surface area contributed by atoms with Crippen molar-refractivity contribution in [1.29, 1.82) is 0 Å². The highest BCUT2D eigenvalue weighted by molar-refractivity contribution is 5.95. The molecule has 5 nitrogen and oxygen atoms in total. The van der Waals surface area contributed by atoms with Gasteiger partial charge in [-0.1, -0.05) is 18.2 Å². The Morgan fingerprint density at radius 1 is 1.21 bits per heavy atom. The van der Waals surface area contributed by atoms with Crippen molar-refractivity contribution in [2.24, 2.45) is 5.92 Å². The average molecular weight is 328 g/mol. The van der Waals surface area contributed by atoms with Crippen molar-refractivity contribution >= 4 is 11.8 Å². The van der Waals surface area contributed by atoms with E-state index in [0.717, 1.165) is 12.8 Å². The van der Waals surface area contributed by atoms with Crippen molar-refractivity contribution < 1.29 is 14.3 Å². The Balaban J connectivity index is 1.47. The molecule has 5 heteroatoms. The van der Waals surface area contributed by atoms with E-state index in [0.29, 0.717) is 31.0 Å². The molecule has 0 spiro atoms. The molecular formula is C19H24N2O3. The van der Waals surface area contributed by atoms with Crippen molar-refractivity contribution in [1.82, 2.24) is 10.2 Å². The molecule has 1 saturated heterocycles. The van der Waals surface area contributed by atoms with Gasteiger partial charge in [0.05, 0.1) is 5.60 Å². The molecule has 1 aromatic rings. The van der Waals surface area contributed by atoms with Crippen LogP contribution in [0.4, 0.5) is 0 Å². The zero-order valence-corrected chi connectivity index (χ0v) is 14.1. The third-order valence-corrected chi connectivity index (χ3v) is 5.79. The number of ether oxygens (including phenoxy) is 1. The lowest BCUT2D eigenvalue weighted by Gasteiger charge is -2.54. The maximum atomic E-state index is 12.6. The highest BCUT2D eigenvalue weighted by atomic mass is 16.5. The molecule has 0 aromatic heterocycles. The predicted molar refractivity (Wildman–Crippen MR) is 89.5 cm³/mol. The highest BCUT2D eigenvalue weighted by Gasteiger charge is 2.66. The summed E-state index contributed by atoms with van der Waals surface area (Å²) in [5.41, 5.74) is -0.117. The van der Waals surface area contributed by atoms with Gasteiger partial charge in [-0.05, 0) is 43.7 Å². The molecule has 1 aromatic carbocycles. The number of nitrogens with zero attached hydrogens (tertiary/aromatic N) is 1. The highest BCUT2D eigenvalue weighted by Crippen LogP contribution is 2.52. The van der Waals surface area contributed by atoms with E-state index in [9.17, 15) is 9.59 Å². The number of rotatable bonds is 6. The van der Waals surface area contributed by atoms with Crippen LogP contribution in [0.25, 0.3) is 0 Å². The molecule has 1 N–H and O–H groups in total. The lowest BCUT2D eigenvalue weighted by atomic mass is 9.80. The van der Waals surface area contributed by atoms with Gasteiger partial charge in [0.1, 0.15) is 5.54 Å². The van der Waals surface area contributed by atoms with Gasteiger partial charge in [-0.25, -0.2) is 0 Å². The summed E-state index contributed by atoms with van der Waals surface area (Å²) in [5.74, 6) is 0.714. The van der Waals surface area contributed by atoms with Crippen LogP contribution in [-0.2, 0) is 9.53 Å². The summed E-state index contributed by atoms with van der Waals surface area (Å²) >= 11 is 0. The maximum Gasteiger partial charge on any atom is 0.251 e. The molecule has 128 valence electrons. The van der Waals surface area contributed by atoms with E-state index in [1.54, 1.807) is 7.11 Å². The summed E-state index contributed by atoms with van der Waals surface area (Å²) in [6, 6.07) is 9.23. The molecule has 0 bridgehead atoms. The van der Waals surface area contributed by atoms with E-state index >= 15 is 0 Å². The van der Waals surface area contributed by atoms with E-state index in [1.165, 1.54) is 12.8 Å². The maximum absolute atomic E-state index is 12.6. The molecule has 1 heterocycles. The number of likely N-dealkylation sites (tertiary alicyclic amines) is 1. The van der Waals surface area contributed by atoms with Crippen LogP contribution in [0.2, 0.25) is 0 Å². The second-order valence-electron chi connectivity index (χ2n) is 7.50. The minimum absolute atomic E-state index is 0.0896. The van der Waals surface area contributed by atoms with Gasteiger partial charge in [0.25, 0.3) is 5.91 Å². The lowest BCUT2D eigenvalue weighted by molar-refractivity contribution is -0.148. The quantitative estimate of drug-likeness (QED) is 0.869. The van der Waals surface area contributed by atoms with Gasteiger partial charge in [-0.15, -0.1) is 0 Å². The Kier molecular flexibility index (Phi) is 3.64. The third kappa shape index (κ3) is 2.61. The summed E-state index contributed by atoms with van der Waals surface area (Å²) in [4.78, 5) is 26.8. The standard InChI is InChI=1S/C19H24N2O3/c1-24-19(9-10-19)18(20-17(23)15-5-3-2-4-6-15)12-21(13-18)16(22)11-14-7-8-14/h2-6,14H,7-13H2,1H3,(H,20,23). The van der Waals surface area contributed by atoms with E-state index < -0.39 is 5.54 Å². The second kappa shape index (κ2) is 5.59. The molecule has 0 unspecified atom stereocenters. The van der Waals surface area contributed by atoms with Crippen LogP contribution in [0.5, 0.6) is 0 Å². The molecule has 24 heavy (non-hydrogen) atoms. The largest absolute Gasteiger partial charge is 0.376 e. The lowest BCUT2D eigenvalue weighted by Crippen LogP contribution is -2.77. The van der Waals surface area contributed by atoms with Gasteiger partial charge in [-0.2, -0.15) is 0 Å². The Bertz CT molecular complexity index is 644. The molecular weight excluding hydrogens is 304 g/mol. The topological polar surface area (TPSA) is 58.6 Å². The van der Waals surface area contributed by atoms with Crippen molar-refractivity contribution in [3.63, 3.8) is 0 Å². The van der Waals surface area contributed by atoms with Gasteiger partial charge >= 0.3 is 0 Å². The van der Waals surface area contributed by atoms with Crippen LogP contribution in [0, 0.1) is 5.92 Å². The third-order valence-electron chi connectivity index (χ3n) is 5.79. The number of amides is 2. The number of methoxy groups -OCH3 is 1. The summed E-state index contributed by atoms with van der Waals surface area (Å²) in [6.07, 6.45) is 4.88. The Hall–Kier alpha value is -1.88. The normalized spacial score (nSPS) is 23.3. The Labute approximate surface area is 142 Å². The predicted octanol–water partition coefficient (Wildman–Crippen LogP) is 1.98. The van der Waals surface area contributed by atoms with E-state index in [4.69, 9.17) is 4.74 Å². The zero-order valence-electron chi connectivity index (χ0n) is 14.1. The molecule has 4 rings (SSSR count). The molecule has 2 saturated carbocycles. The number of carbonyl (C=O) groups excluding carboxylic acids is 2. The fourth-order valence-electron chi connectivity index (χ4n) is 3.83. The first kappa shape index (κ1) is 15.6. The molecule has 0 atom stereocenters. The molecule has 3 fully saturated rings. The van der Waals surface area contributed by atoms with Crippen LogP contribution >= 0.6 is 0 Å². The first-order valence-corrected chi connectivity index (χ1v) is 8.78. The van der Waals surface area contributed by atoms with Gasteiger partial charge in [0, 0.05) is 32.2 Å². The number of hydrogen-bond acceptors (Lipinski definition) is 3. The first-order chi connectivity index (χ1) is 11.6. The number of nitrogens with one attached hydrogen (secondary N) is 1. The molecule has 1 aliphatic heterocycles. The van der Waals surface area contributed by atoms with E-state index in [1.807, 2.05) is 35.2 Å². The number of benzene rings is 1. The van der Waals surface area contributed by atoms with Crippen molar-refractivity contribution in [2.45, 2.75) is 43.2 Å². The summed E-state index contributed by atoms with van der Waals surface area (Å²) < 4.78 is 5.76. The smallest absolute Gasteiger partial charge is 0.251 e. The summed E-state index contributed by atoms with van der Waals surface area (Å²) in [6.45, 7) is 1.12. The first-order valence-electron chi connectivity index (χ1n) is 8.78. The summed E-state index contributed by atoms with van der Waals surface area (Å²) in [7, 11) is 1.71. The molecule has 3 aliphatic rings. The number of hydrogen-bond donors (Lipinski definition) is 1. The average Bonchev–Trinajstić information content (AvgIpc) is 3.46. The Morgan fingerprint density at radius 3 is 2.42 bits per heavy atom. The van der Waals surface area contributed by atoms with Gasteiger partial charge in [0.2, 0.25) is 5.91 Å². The van der Waals surface area contributed by atoms with Crippen LogP contribution in [0.3, 0.4) is 0 Å². The zero-order chi connectivity index (χ0) is 16.8. The molecule has 2 amide bonds. The monoisotopic (exact) mass is 328 g/mol. The minimum Gasteiger partial charge on any atom is -0.376 e. The SMILES string of the molecule is COC1(C2(NC(=O)c3ccccc3)CN(C(=O)CC3CC3)C2)CC1. The minimum atomic E-state index is -0.451. The van der Waals surface area contributed by atoms with Crippen LogP contribution < -0.4 is 5.32 Å². The fourth-order valence-corrected chi connectivity index (χ4v) is 3.83. The van der Waals surface area contributed by atoms with Crippen LogP contribution in [0.15, 0.2) is 30.3 Å². The van der Waals surface area contributed by atoms with Gasteiger partial charge in [0.15, 0.2) is 0 Å². The van der Waals surface area contributed by atoms with Crippen molar-refractivity contribution in [3.8, 4) is 0 Å². The van der Waals surface area contributed by atoms with Crippen LogP contribution in [0.1, 0.15) is 42.5 Å². The van der Waals surface area contributed by atoms with Gasteiger partial charge < -0.3 is 15.0 Å². The summed E-state index contributed by atoms with van der Waals surface area (Å²) in [5, 5.41) is 3.20. The molecule has 2 aliphatic carbocycles. The van der Waals surface area contributed by atoms with Crippen molar-refractivity contribution in [3.05, 3.63) is 35.9 Å². The van der Waals surface area contributed by atoms with Crippen molar-refractivity contribution in [2.75, 3.05) is 20.2 Å². The Morgan fingerprint density at radius 2 is 1.88 bits per heavy atom. The van der Waals surface area contributed by atoms with E-state index in [2.05, 4.69) is 5.32 Å².